The number of amides is 1. The number of nitrogens with two attached hydrogens (primary N) is 2. The molecular formula is C54H73N5O9. The number of nitrogens with zero attached hydrogens (tertiary/aromatic N) is 2. The number of benzene rings is 4. The maximum atomic E-state index is 11.9. The Balaban J connectivity index is 0.000000257. The average Bonchev–Trinajstić information content (AvgIpc) is 3.28. The monoisotopic (exact) mass is 936 g/mol. The van der Waals surface area contributed by atoms with Crippen LogP contribution in [-0.4, -0.2) is 82.6 Å². The molecule has 0 aliphatic heterocycles. The van der Waals surface area contributed by atoms with Crippen LogP contribution in [0.15, 0.2) is 121 Å². The Bertz CT molecular complexity index is 2020. The van der Waals surface area contributed by atoms with E-state index in [1.165, 1.54) is 29.3 Å². The lowest BCUT2D eigenvalue weighted by molar-refractivity contribution is -0.155. The number of hydrogen-bond acceptors (Lipinski definition) is 12. The highest BCUT2D eigenvalue weighted by Crippen LogP contribution is 2.35. The van der Waals surface area contributed by atoms with Crippen LogP contribution in [0.4, 0.5) is 0 Å². The molecule has 0 bridgehead atoms. The molecule has 0 spiro atoms. The largest absolute Gasteiger partial charge is 0.481 e. The quantitative estimate of drug-likeness (QED) is 0.0377. The Hall–Kier alpha value is -6.06. The van der Waals surface area contributed by atoms with Crippen molar-refractivity contribution < 1.29 is 43.3 Å². The summed E-state index contributed by atoms with van der Waals surface area (Å²) in [6.45, 7) is 8.13. The van der Waals surface area contributed by atoms with Gasteiger partial charge in [-0.05, 0) is 68.8 Å². The summed E-state index contributed by atoms with van der Waals surface area (Å²) in [6, 6.07) is 42.9. The number of carboxylic acids is 1. The van der Waals surface area contributed by atoms with Crippen LogP contribution in [0.3, 0.4) is 0 Å². The van der Waals surface area contributed by atoms with Gasteiger partial charge < -0.3 is 20.3 Å². The van der Waals surface area contributed by atoms with Gasteiger partial charge in [-0.2, -0.15) is 0 Å². The highest BCUT2D eigenvalue weighted by Gasteiger charge is 2.39. The first-order valence-electron chi connectivity index (χ1n) is 23.3. The van der Waals surface area contributed by atoms with E-state index >= 15 is 0 Å². The van der Waals surface area contributed by atoms with Crippen molar-refractivity contribution in [3.8, 4) is 0 Å². The summed E-state index contributed by atoms with van der Waals surface area (Å²) in [7, 11) is 1.50. The predicted molar refractivity (Wildman–Crippen MR) is 263 cm³/mol. The Labute approximate surface area is 402 Å². The molecule has 4 aliphatic rings. The first-order valence-corrected chi connectivity index (χ1v) is 23.3. The van der Waals surface area contributed by atoms with Crippen LogP contribution in [0.2, 0.25) is 0 Å². The van der Waals surface area contributed by atoms with E-state index in [4.69, 9.17) is 20.4 Å². The van der Waals surface area contributed by atoms with Crippen molar-refractivity contribution in [1.82, 2.24) is 15.2 Å². The molecule has 368 valence electrons. The van der Waals surface area contributed by atoms with E-state index in [0.29, 0.717) is 38.1 Å². The molecule has 4 aromatic carbocycles. The molecule has 0 aromatic heterocycles. The zero-order valence-electron chi connectivity index (χ0n) is 39.2. The van der Waals surface area contributed by atoms with Crippen LogP contribution >= 0.6 is 0 Å². The van der Waals surface area contributed by atoms with Gasteiger partial charge in [-0.1, -0.05) is 129 Å². The second-order valence-corrected chi connectivity index (χ2v) is 17.0. The minimum atomic E-state index is -0.843. The number of ketones is 2. The topological polar surface area (TPSA) is 212 Å². The highest BCUT2D eigenvalue weighted by atomic mass is 16.5. The van der Waals surface area contributed by atoms with E-state index in [-0.39, 0.29) is 73.4 Å². The van der Waals surface area contributed by atoms with Crippen molar-refractivity contribution >= 4 is 35.4 Å². The molecule has 4 fully saturated rings. The van der Waals surface area contributed by atoms with Gasteiger partial charge >= 0.3 is 17.9 Å². The van der Waals surface area contributed by atoms with E-state index in [1.807, 2.05) is 31.2 Å². The molecular weight excluding hydrogens is 863 g/mol. The molecule has 4 aliphatic carbocycles. The number of nitrogens with one attached hydrogen (secondary N) is 1. The Morgan fingerprint density at radius 1 is 0.529 bits per heavy atom. The lowest BCUT2D eigenvalue weighted by atomic mass is 9.78. The molecule has 68 heavy (non-hydrogen) atoms. The minimum absolute atomic E-state index is 0. The first kappa shape index (κ1) is 56.3. The van der Waals surface area contributed by atoms with E-state index in [1.54, 1.807) is 6.92 Å². The van der Waals surface area contributed by atoms with Gasteiger partial charge in [-0.25, -0.2) is 5.84 Å². The molecule has 6 N–H and O–H groups in total. The Morgan fingerprint density at radius 3 is 1.09 bits per heavy atom. The number of Topliss-reactive ketones (excluding diaryl/α,β-unsaturated/α-hetero) is 2. The van der Waals surface area contributed by atoms with E-state index < -0.39 is 5.97 Å². The van der Waals surface area contributed by atoms with Crippen LogP contribution in [0.25, 0.3) is 0 Å². The van der Waals surface area contributed by atoms with E-state index in [2.05, 4.69) is 118 Å². The van der Waals surface area contributed by atoms with Crippen LogP contribution in [0.1, 0.15) is 94.9 Å². The Kier molecular flexibility index (Phi) is 25.1. The lowest BCUT2D eigenvalue weighted by Crippen LogP contribution is -2.50. The van der Waals surface area contributed by atoms with Gasteiger partial charge in [0.25, 0.3) is 0 Å². The second kappa shape index (κ2) is 30.3. The number of ether oxygens (including phenoxy) is 2. The average molecular weight is 936 g/mol. The third kappa shape index (κ3) is 18.6. The summed E-state index contributed by atoms with van der Waals surface area (Å²) in [5.74, 6) is 3.95. The number of esters is 2. The third-order valence-corrected chi connectivity index (χ3v) is 12.2. The molecule has 4 aromatic rings. The van der Waals surface area contributed by atoms with Crippen molar-refractivity contribution in [1.29, 1.82) is 0 Å². The highest BCUT2D eigenvalue weighted by molar-refractivity contribution is 5.94. The smallest absolute Gasteiger partial charge is 0.309 e. The number of hydrazine groups is 1. The summed E-state index contributed by atoms with van der Waals surface area (Å²) in [5, 5.41) is 8.20. The molecule has 0 atom stereocenters. The number of rotatable bonds is 16. The van der Waals surface area contributed by atoms with Crippen molar-refractivity contribution in [2.24, 2.45) is 35.2 Å². The molecule has 0 radical (unpaired) electrons. The van der Waals surface area contributed by atoms with Crippen molar-refractivity contribution in [3.63, 3.8) is 0 Å². The van der Waals surface area contributed by atoms with Crippen LogP contribution in [0, 0.1) is 23.7 Å². The van der Waals surface area contributed by atoms with Gasteiger partial charge in [0.2, 0.25) is 5.91 Å². The van der Waals surface area contributed by atoms with E-state index in [9.17, 15) is 28.8 Å². The summed E-state index contributed by atoms with van der Waals surface area (Å²) >= 11 is 0. The number of carboxylic acid groups (broad SMARTS) is 1. The minimum Gasteiger partial charge on any atom is -0.481 e. The molecule has 14 heteroatoms. The second-order valence-electron chi connectivity index (χ2n) is 17.0. The van der Waals surface area contributed by atoms with Gasteiger partial charge in [0.1, 0.15) is 11.6 Å². The molecule has 0 heterocycles. The SMILES string of the molecule is C.CCOC(=O)C1CC(=O)C1.CCOC(=O)C1CC(N(Cc2ccccc2)Cc2ccccc2)C1.CN.NNC(=O)C1CC(N(Cc2ccccc2)Cc2ccccc2)C1.O=C1CC(C(=O)O)C1. The van der Waals surface area contributed by atoms with Crippen molar-refractivity contribution in [3.05, 3.63) is 144 Å². The van der Waals surface area contributed by atoms with Gasteiger partial charge in [0.05, 0.1) is 31.0 Å². The zero-order valence-corrected chi connectivity index (χ0v) is 39.2. The van der Waals surface area contributed by atoms with Crippen molar-refractivity contribution in [2.45, 2.75) is 111 Å². The van der Waals surface area contributed by atoms with Gasteiger partial charge in [-0.3, -0.25) is 44.0 Å². The zero-order chi connectivity index (χ0) is 48.6. The molecule has 8 rings (SSSR count). The number of aliphatic carboxylic acids is 1. The Morgan fingerprint density at radius 2 is 0.824 bits per heavy atom. The summed E-state index contributed by atoms with van der Waals surface area (Å²) in [6.07, 6.45) is 4.82. The summed E-state index contributed by atoms with van der Waals surface area (Å²) in [4.78, 5) is 69.8. The van der Waals surface area contributed by atoms with Gasteiger partial charge in [-0.15, -0.1) is 0 Å². The van der Waals surface area contributed by atoms with Crippen molar-refractivity contribution in [2.75, 3.05) is 20.3 Å². The molecule has 0 unspecified atom stereocenters. The summed E-state index contributed by atoms with van der Waals surface area (Å²) in [5.41, 5.74) is 12.0. The normalized spacial score (nSPS) is 18.9. The molecule has 0 saturated heterocycles. The standard InChI is InChI=1S/C21H25NO2.C19H23N3O.C7H10O3.C5H6O3.CH5N.CH4/c1-2-24-21(23)19-13-20(14-19)22(15-17-9-5-3-6-10-17)16-18-11-7-4-8-12-18;20-21-19(23)17-11-18(12-17)22(13-15-7-3-1-4-8-15)14-16-9-5-2-6-10-16;1-2-10-7(9)5-3-6(8)4-5;6-4-1-3(2-4)5(7)8;1-2;/h3-12,19-20H,2,13-16H2,1H3;1-10,17-18H,11-14,20H2,(H,21,23);5H,2-4H2,1H3;3H,1-2H2,(H,7,8);2H2,1H3;1H4. The lowest BCUT2D eigenvalue weighted by Gasteiger charge is -2.42. The number of carbonyl (C=O) groups is 6. The number of carbonyl (C=O) groups excluding carboxylic acids is 5. The molecule has 4 saturated carbocycles. The fourth-order valence-electron chi connectivity index (χ4n) is 8.04. The molecule has 14 nitrogen and oxygen atoms in total. The van der Waals surface area contributed by atoms with Gasteiger partial charge in [0.15, 0.2) is 0 Å². The first-order chi connectivity index (χ1) is 32.5. The fourth-order valence-corrected chi connectivity index (χ4v) is 8.04. The van der Waals surface area contributed by atoms with Crippen LogP contribution in [0.5, 0.6) is 0 Å². The molecule has 1 amide bonds. The maximum absolute atomic E-state index is 11.9. The predicted octanol–water partition coefficient (Wildman–Crippen LogP) is 7.28. The van der Waals surface area contributed by atoms with E-state index in [0.717, 1.165) is 51.9 Å². The third-order valence-electron chi connectivity index (χ3n) is 12.2. The maximum Gasteiger partial charge on any atom is 0.309 e. The number of hydrogen-bond donors (Lipinski definition) is 4. The summed E-state index contributed by atoms with van der Waals surface area (Å²) < 4.78 is 9.86. The van der Waals surface area contributed by atoms with Crippen LogP contribution < -0.4 is 17.0 Å². The fraction of sp³-hybridized carbons (Fsp3) is 0.444. The van der Waals surface area contributed by atoms with Gasteiger partial charge in [0, 0.05) is 69.9 Å². The van der Waals surface area contributed by atoms with Crippen LogP contribution in [-0.2, 0) is 64.4 Å².